The zero-order valence-corrected chi connectivity index (χ0v) is 16.2. The first kappa shape index (κ1) is 19.3. The first-order chi connectivity index (χ1) is 12.6. The maximum atomic E-state index is 12.4. The van der Waals surface area contributed by atoms with Gasteiger partial charge in [-0.05, 0) is 37.3 Å². The van der Waals surface area contributed by atoms with Crippen LogP contribution in [0.15, 0.2) is 24.4 Å². The average Bonchev–Trinajstić information content (AvgIpc) is 2.68. The SMILES string of the molecule is COC(=O)C1(CN[C@@H]2CCN(Cc3ccccn3)C[C@H]2C)CCCCC1. The van der Waals surface area contributed by atoms with E-state index in [0.717, 1.165) is 64.0 Å². The van der Waals surface area contributed by atoms with E-state index in [2.05, 4.69) is 34.3 Å². The van der Waals surface area contributed by atoms with E-state index in [9.17, 15) is 4.79 Å². The fraction of sp³-hybridized carbons (Fsp3) is 0.714. The summed E-state index contributed by atoms with van der Waals surface area (Å²) in [6, 6.07) is 6.58. The first-order valence-corrected chi connectivity index (χ1v) is 10.1. The van der Waals surface area contributed by atoms with Gasteiger partial charge in [-0.25, -0.2) is 0 Å². The Balaban J connectivity index is 1.52. The third-order valence-electron chi connectivity index (χ3n) is 6.23. The molecule has 1 aliphatic carbocycles. The van der Waals surface area contributed by atoms with Crippen molar-refractivity contribution < 1.29 is 9.53 Å². The Kier molecular flexibility index (Phi) is 6.65. The monoisotopic (exact) mass is 359 g/mol. The standard InChI is InChI=1S/C21H33N3O2/c1-17-14-24(15-18-8-4-7-12-22-18)13-9-19(17)23-16-21(20(25)26-2)10-5-3-6-11-21/h4,7-8,12,17,19,23H,3,5-6,9-11,13-16H2,1-2H3/t17-,19-/m1/s1. The van der Waals surface area contributed by atoms with Crippen LogP contribution in [0.4, 0.5) is 0 Å². The van der Waals surface area contributed by atoms with Gasteiger partial charge in [-0.15, -0.1) is 0 Å². The number of esters is 1. The molecule has 1 aromatic heterocycles. The van der Waals surface area contributed by atoms with Crippen LogP contribution in [-0.2, 0) is 16.1 Å². The third kappa shape index (κ3) is 4.63. The van der Waals surface area contributed by atoms with E-state index >= 15 is 0 Å². The first-order valence-electron chi connectivity index (χ1n) is 10.1. The number of rotatable bonds is 6. The number of carbonyl (C=O) groups is 1. The van der Waals surface area contributed by atoms with Crippen molar-refractivity contribution >= 4 is 5.97 Å². The van der Waals surface area contributed by atoms with Gasteiger partial charge < -0.3 is 10.1 Å². The fourth-order valence-corrected chi connectivity index (χ4v) is 4.62. The van der Waals surface area contributed by atoms with Crippen LogP contribution in [0.25, 0.3) is 0 Å². The molecule has 1 saturated carbocycles. The second-order valence-corrected chi connectivity index (χ2v) is 8.14. The van der Waals surface area contributed by atoms with Gasteiger partial charge in [0.2, 0.25) is 0 Å². The lowest BCUT2D eigenvalue weighted by Gasteiger charge is -2.40. The molecule has 2 fully saturated rings. The van der Waals surface area contributed by atoms with E-state index in [0.29, 0.717) is 12.0 Å². The normalized spacial score (nSPS) is 26.4. The number of likely N-dealkylation sites (tertiary alicyclic amines) is 1. The van der Waals surface area contributed by atoms with Crippen LogP contribution in [0, 0.1) is 11.3 Å². The van der Waals surface area contributed by atoms with Crippen molar-refractivity contribution in [3.05, 3.63) is 30.1 Å². The molecule has 5 heteroatoms. The Morgan fingerprint density at radius 1 is 1.35 bits per heavy atom. The van der Waals surface area contributed by atoms with E-state index in [1.54, 1.807) is 0 Å². The van der Waals surface area contributed by atoms with Crippen LogP contribution in [0.1, 0.15) is 51.1 Å². The van der Waals surface area contributed by atoms with Crippen molar-refractivity contribution in [2.75, 3.05) is 26.7 Å². The molecule has 0 radical (unpaired) electrons. The Morgan fingerprint density at radius 2 is 2.15 bits per heavy atom. The molecule has 144 valence electrons. The van der Waals surface area contributed by atoms with Crippen molar-refractivity contribution in [1.29, 1.82) is 0 Å². The summed E-state index contributed by atoms with van der Waals surface area (Å²) >= 11 is 0. The van der Waals surface area contributed by atoms with Gasteiger partial charge >= 0.3 is 5.97 Å². The van der Waals surface area contributed by atoms with Crippen molar-refractivity contribution in [3.63, 3.8) is 0 Å². The highest BCUT2D eigenvalue weighted by atomic mass is 16.5. The summed E-state index contributed by atoms with van der Waals surface area (Å²) in [5.41, 5.74) is 0.829. The minimum absolute atomic E-state index is 0.0232. The van der Waals surface area contributed by atoms with Crippen LogP contribution in [-0.4, -0.2) is 48.6 Å². The number of nitrogens with zero attached hydrogens (tertiary/aromatic N) is 2. The molecule has 0 bridgehead atoms. The Hall–Kier alpha value is -1.46. The van der Waals surface area contributed by atoms with Crippen molar-refractivity contribution in [2.45, 2.75) is 58.0 Å². The number of aromatic nitrogens is 1. The van der Waals surface area contributed by atoms with E-state index < -0.39 is 0 Å². The van der Waals surface area contributed by atoms with Crippen LogP contribution in [0.2, 0.25) is 0 Å². The molecule has 0 unspecified atom stereocenters. The summed E-state index contributed by atoms with van der Waals surface area (Å²) in [6.07, 6.45) is 8.40. The molecule has 1 aromatic rings. The molecule has 2 heterocycles. The summed E-state index contributed by atoms with van der Waals surface area (Å²) in [5.74, 6) is 0.538. The van der Waals surface area contributed by atoms with E-state index in [-0.39, 0.29) is 11.4 Å². The summed E-state index contributed by atoms with van der Waals surface area (Å²) in [4.78, 5) is 19.4. The molecule has 2 atom stereocenters. The largest absolute Gasteiger partial charge is 0.469 e. The molecule has 1 aliphatic heterocycles. The predicted octanol–water partition coefficient (Wildman–Crippen LogP) is 3.01. The lowest BCUT2D eigenvalue weighted by Crippen LogP contribution is -2.52. The molecule has 0 amide bonds. The number of hydrogen-bond donors (Lipinski definition) is 1. The highest BCUT2D eigenvalue weighted by molar-refractivity contribution is 5.77. The summed E-state index contributed by atoms with van der Waals surface area (Å²) in [7, 11) is 1.53. The fourth-order valence-electron chi connectivity index (χ4n) is 4.62. The summed E-state index contributed by atoms with van der Waals surface area (Å²) in [5, 5.41) is 3.74. The number of ether oxygens (including phenoxy) is 1. The summed E-state index contributed by atoms with van der Waals surface area (Å²) in [6.45, 7) is 6.14. The van der Waals surface area contributed by atoms with E-state index in [1.807, 2.05) is 12.3 Å². The molecule has 1 saturated heterocycles. The van der Waals surface area contributed by atoms with Gasteiger partial charge in [-0.3, -0.25) is 14.7 Å². The lowest BCUT2D eigenvalue weighted by molar-refractivity contribution is -0.154. The zero-order chi connectivity index (χ0) is 18.4. The molecule has 1 N–H and O–H groups in total. The number of piperidine rings is 1. The highest BCUT2D eigenvalue weighted by Crippen LogP contribution is 2.37. The Bertz CT molecular complexity index is 572. The average molecular weight is 360 g/mol. The maximum absolute atomic E-state index is 12.4. The number of pyridine rings is 1. The molecular formula is C21H33N3O2. The Morgan fingerprint density at radius 3 is 2.81 bits per heavy atom. The molecule has 0 spiro atoms. The second kappa shape index (κ2) is 8.96. The van der Waals surface area contributed by atoms with Gasteiger partial charge in [0, 0.05) is 38.4 Å². The van der Waals surface area contributed by atoms with Crippen LogP contribution >= 0.6 is 0 Å². The van der Waals surface area contributed by atoms with Crippen LogP contribution in [0.3, 0.4) is 0 Å². The molecule has 3 rings (SSSR count). The quantitative estimate of drug-likeness (QED) is 0.792. The molecule has 5 nitrogen and oxygen atoms in total. The van der Waals surface area contributed by atoms with E-state index in [4.69, 9.17) is 4.74 Å². The maximum Gasteiger partial charge on any atom is 0.313 e. The smallest absolute Gasteiger partial charge is 0.313 e. The van der Waals surface area contributed by atoms with Gasteiger partial charge in [-0.1, -0.05) is 32.3 Å². The van der Waals surface area contributed by atoms with Crippen molar-refractivity contribution in [1.82, 2.24) is 15.2 Å². The second-order valence-electron chi connectivity index (χ2n) is 8.14. The minimum atomic E-state index is -0.308. The van der Waals surface area contributed by atoms with Gasteiger partial charge in [0.25, 0.3) is 0 Å². The summed E-state index contributed by atoms with van der Waals surface area (Å²) < 4.78 is 5.15. The molecule has 26 heavy (non-hydrogen) atoms. The van der Waals surface area contributed by atoms with Gasteiger partial charge in [0.05, 0.1) is 18.2 Å². The molecule has 2 aliphatic rings. The number of methoxy groups -OCH3 is 1. The topological polar surface area (TPSA) is 54.5 Å². The Labute approximate surface area is 157 Å². The van der Waals surface area contributed by atoms with Crippen molar-refractivity contribution in [2.24, 2.45) is 11.3 Å². The molecular weight excluding hydrogens is 326 g/mol. The van der Waals surface area contributed by atoms with Crippen molar-refractivity contribution in [3.8, 4) is 0 Å². The highest BCUT2D eigenvalue weighted by Gasteiger charge is 2.41. The number of carbonyl (C=O) groups excluding carboxylic acids is 1. The van der Waals surface area contributed by atoms with Crippen LogP contribution in [0.5, 0.6) is 0 Å². The van der Waals surface area contributed by atoms with Gasteiger partial charge in [0.1, 0.15) is 0 Å². The predicted molar refractivity (Wildman–Crippen MR) is 103 cm³/mol. The minimum Gasteiger partial charge on any atom is -0.469 e. The van der Waals surface area contributed by atoms with Gasteiger partial charge in [0.15, 0.2) is 0 Å². The van der Waals surface area contributed by atoms with E-state index in [1.165, 1.54) is 13.5 Å². The lowest BCUT2D eigenvalue weighted by atomic mass is 9.73. The van der Waals surface area contributed by atoms with Gasteiger partial charge in [-0.2, -0.15) is 0 Å². The molecule has 0 aromatic carbocycles. The zero-order valence-electron chi connectivity index (χ0n) is 16.2. The van der Waals surface area contributed by atoms with Crippen LogP contribution < -0.4 is 5.32 Å². The third-order valence-corrected chi connectivity index (χ3v) is 6.23. The number of nitrogens with one attached hydrogen (secondary N) is 1. The number of hydrogen-bond acceptors (Lipinski definition) is 5.